The molecule has 6 heteroatoms. The van der Waals surface area contributed by atoms with Gasteiger partial charge >= 0.3 is 0 Å². The largest absolute Gasteiger partial charge is 0.497 e. The lowest BCUT2D eigenvalue weighted by molar-refractivity contribution is -0.115. The van der Waals surface area contributed by atoms with Crippen molar-refractivity contribution in [2.75, 3.05) is 32.6 Å². The summed E-state index contributed by atoms with van der Waals surface area (Å²) in [6.07, 6.45) is 0.848. The zero-order valence-electron chi connectivity index (χ0n) is 14.6. The third-order valence-electron chi connectivity index (χ3n) is 3.56. The molecule has 0 unspecified atom stereocenters. The molecule has 0 aromatic heterocycles. The van der Waals surface area contributed by atoms with Crippen molar-refractivity contribution in [1.29, 1.82) is 0 Å². The number of carbonyl (C=O) groups is 1. The van der Waals surface area contributed by atoms with E-state index in [1.54, 1.807) is 14.2 Å². The summed E-state index contributed by atoms with van der Waals surface area (Å²) in [5.41, 5.74) is 1.97. The van der Waals surface area contributed by atoms with Crippen molar-refractivity contribution in [3.05, 3.63) is 60.2 Å². The number of anilines is 1. The molecule has 6 nitrogen and oxygen atoms in total. The first kappa shape index (κ1) is 18.3. The number of benzene rings is 2. The molecule has 0 aliphatic heterocycles. The molecule has 2 rings (SSSR count). The lowest BCUT2D eigenvalue weighted by atomic mass is 10.1. The Bertz CT molecular complexity index is 684. The fourth-order valence-electron chi connectivity index (χ4n) is 2.23. The number of hydrogen-bond acceptors (Lipinski definition) is 3. The summed E-state index contributed by atoms with van der Waals surface area (Å²) in [7, 11) is 3.33. The van der Waals surface area contributed by atoms with Crippen molar-refractivity contribution in [2.45, 2.75) is 6.42 Å². The summed E-state index contributed by atoms with van der Waals surface area (Å²) in [6, 6.07) is 17.3. The highest BCUT2D eigenvalue weighted by molar-refractivity contribution is 5.94. The lowest BCUT2D eigenvalue weighted by Crippen LogP contribution is -2.42. The molecule has 0 spiro atoms. The predicted octanol–water partition coefficient (Wildman–Crippen LogP) is 2.04. The Morgan fingerprint density at radius 2 is 1.76 bits per heavy atom. The molecule has 0 saturated carbocycles. The van der Waals surface area contributed by atoms with Crippen molar-refractivity contribution in [2.24, 2.45) is 4.99 Å². The fourth-order valence-corrected chi connectivity index (χ4v) is 2.23. The molecule has 0 bridgehead atoms. The third-order valence-corrected chi connectivity index (χ3v) is 3.56. The highest BCUT2D eigenvalue weighted by Gasteiger charge is 2.04. The molecule has 3 N–H and O–H groups in total. The number of nitrogens with one attached hydrogen (secondary N) is 3. The molecule has 0 radical (unpaired) electrons. The number of methoxy groups -OCH3 is 1. The highest BCUT2D eigenvalue weighted by atomic mass is 16.5. The summed E-state index contributed by atoms with van der Waals surface area (Å²) in [4.78, 5) is 16.0. The van der Waals surface area contributed by atoms with Gasteiger partial charge in [-0.05, 0) is 36.2 Å². The van der Waals surface area contributed by atoms with Crippen LogP contribution in [0.1, 0.15) is 5.56 Å². The molecule has 2 aromatic rings. The summed E-state index contributed by atoms with van der Waals surface area (Å²) in [6.45, 7) is 0.864. The Balaban J connectivity index is 1.70. The van der Waals surface area contributed by atoms with Gasteiger partial charge in [0.1, 0.15) is 5.75 Å². The van der Waals surface area contributed by atoms with Gasteiger partial charge in [-0.2, -0.15) is 0 Å². The van der Waals surface area contributed by atoms with Crippen LogP contribution >= 0.6 is 0 Å². The highest BCUT2D eigenvalue weighted by Crippen LogP contribution is 2.11. The fraction of sp³-hybridized carbons (Fsp3) is 0.263. The maximum absolute atomic E-state index is 11.9. The van der Waals surface area contributed by atoms with Gasteiger partial charge in [-0.1, -0.05) is 30.3 Å². The number of amides is 1. The smallest absolute Gasteiger partial charge is 0.243 e. The normalized spacial score (nSPS) is 10.9. The minimum absolute atomic E-state index is 0.121. The quantitative estimate of drug-likeness (QED) is 0.533. The van der Waals surface area contributed by atoms with E-state index < -0.39 is 0 Å². The number of para-hydroxylation sites is 1. The zero-order chi connectivity index (χ0) is 17.9. The molecule has 0 atom stereocenters. The van der Waals surface area contributed by atoms with E-state index in [1.165, 1.54) is 5.56 Å². The first-order valence-electron chi connectivity index (χ1n) is 8.13. The van der Waals surface area contributed by atoms with Crippen LogP contribution < -0.4 is 20.7 Å². The summed E-state index contributed by atoms with van der Waals surface area (Å²) in [5, 5.41) is 9.01. The number of ether oxygens (including phenoxy) is 1. The molecule has 0 saturated heterocycles. The Labute approximate surface area is 148 Å². The summed E-state index contributed by atoms with van der Waals surface area (Å²) >= 11 is 0. The maximum Gasteiger partial charge on any atom is 0.243 e. The molecular formula is C19H24N4O2. The van der Waals surface area contributed by atoms with E-state index in [9.17, 15) is 4.79 Å². The van der Waals surface area contributed by atoms with Crippen molar-refractivity contribution < 1.29 is 9.53 Å². The monoisotopic (exact) mass is 340 g/mol. The van der Waals surface area contributed by atoms with Crippen LogP contribution in [0.3, 0.4) is 0 Å². The molecule has 0 heterocycles. The van der Waals surface area contributed by atoms with Crippen LogP contribution in [0.4, 0.5) is 5.69 Å². The second-order valence-electron chi connectivity index (χ2n) is 5.36. The molecule has 0 fully saturated rings. The van der Waals surface area contributed by atoms with Gasteiger partial charge in [-0.15, -0.1) is 0 Å². The molecule has 132 valence electrons. The molecular weight excluding hydrogens is 316 g/mol. The third kappa shape index (κ3) is 6.55. The van der Waals surface area contributed by atoms with Gasteiger partial charge < -0.3 is 20.7 Å². The molecule has 1 amide bonds. The van der Waals surface area contributed by atoms with Crippen LogP contribution in [0.5, 0.6) is 5.75 Å². The first-order chi connectivity index (χ1) is 12.2. The average Bonchev–Trinajstić information content (AvgIpc) is 2.66. The Morgan fingerprint density at radius 3 is 2.40 bits per heavy atom. The van der Waals surface area contributed by atoms with Gasteiger partial charge in [0.25, 0.3) is 0 Å². The van der Waals surface area contributed by atoms with Crippen LogP contribution in [0.15, 0.2) is 59.6 Å². The van der Waals surface area contributed by atoms with Gasteiger partial charge in [-0.3, -0.25) is 9.79 Å². The standard InChI is InChI=1S/C19H24N4O2/c1-20-19(21-13-12-15-8-10-17(25-2)11-9-15)22-14-18(24)23-16-6-4-3-5-7-16/h3-11H,12-14H2,1-2H3,(H,23,24)(H2,20,21,22). The molecule has 0 aliphatic carbocycles. The van der Waals surface area contributed by atoms with E-state index in [0.29, 0.717) is 12.5 Å². The van der Waals surface area contributed by atoms with Crippen LogP contribution in [0.25, 0.3) is 0 Å². The second-order valence-corrected chi connectivity index (χ2v) is 5.36. The summed E-state index contributed by atoms with van der Waals surface area (Å²) in [5.74, 6) is 1.32. The molecule has 25 heavy (non-hydrogen) atoms. The van der Waals surface area contributed by atoms with Gasteiger partial charge in [0, 0.05) is 19.3 Å². The van der Waals surface area contributed by atoms with E-state index in [0.717, 1.165) is 17.9 Å². The van der Waals surface area contributed by atoms with Crippen molar-refractivity contribution in [3.8, 4) is 5.75 Å². The first-order valence-corrected chi connectivity index (χ1v) is 8.13. The minimum atomic E-state index is -0.121. The van der Waals surface area contributed by atoms with Crippen LogP contribution in [-0.2, 0) is 11.2 Å². The van der Waals surface area contributed by atoms with E-state index in [2.05, 4.69) is 20.9 Å². The van der Waals surface area contributed by atoms with E-state index in [1.807, 2.05) is 54.6 Å². The average molecular weight is 340 g/mol. The van der Waals surface area contributed by atoms with E-state index in [-0.39, 0.29) is 12.5 Å². The van der Waals surface area contributed by atoms with Gasteiger partial charge in [0.05, 0.1) is 13.7 Å². The Kier molecular flexibility index (Phi) is 7.31. The molecule has 2 aromatic carbocycles. The van der Waals surface area contributed by atoms with Crippen molar-refractivity contribution in [1.82, 2.24) is 10.6 Å². The topological polar surface area (TPSA) is 74.8 Å². The van der Waals surface area contributed by atoms with E-state index in [4.69, 9.17) is 4.74 Å². The number of nitrogens with zero attached hydrogens (tertiary/aromatic N) is 1. The SMILES string of the molecule is CN=C(NCCc1ccc(OC)cc1)NCC(=O)Nc1ccccc1. The maximum atomic E-state index is 11.9. The van der Waals surface area contributed by atoms with Gasteiger partial charge in [0.15, 0.2) is 5.96 Å². The number of guanidine groups is 1. The van der Waals surface area contributed by atoms with Crippen LogP contribution in [-0.4, -0.2) is 39.1 Å². The lowest BCUT2D eigenvalue weighted by Gasteiger charge is -2.12. The van der Waals surface area contributed by atoms with Crippen LogP contribution in [0.2, 0.25) is 0 Å². The van der Waals surface area contributed by atoms with Crippen LogP contribution in [0, 0.1) is 0 Å². The second kappa shape index (κ2) is 9.97. The van der Waals surface area contributed by atoms with E-state index >= 15 is 0 Å². The number of carbonyl (C=O) groups excluding carboxylic acids is 1. The van der Waals surface area contributed by atoms with Crippen molar-refractivity contribution >= 4 is 17.6 Å². The number of aliphatic imine (C=N–C) groups is 1. The zero-order valence-corrected chi connectivity index (χ0v) is 14.6. The predicted molar refractivity (Wildman–Crippen MR) is 101 cm³/mol. The number of hydrogen-bond donors (Lipinski definition) is 3. The number of rotatable bonds is 7. The molecule has 0 aliphatic rings. The van der Waals surface area contributed by atoms with Crippen molar-refractivity contribution in [3.63, 3.8) is 0 Å². The Hall–Kier alpha value is -3.02. The van der Waals surface area contributed by atoms with Gasteiger partial charge in [0.2, 0.25) is 5.91 Å². The minimum Gasteiger partial charge on any atom is -0.497 e. The Morgan fingerprint density at radius 1 is 1.04 bits per heavy atom. The summed E-state index contributed by atoms with van der Waals surface area (Å²) < 4.78 is 5.14. The van der Waals surface area contributed by atoms with Gasteiger partial charge in [-0.25, -0.2) is 0 Å².